The molecule has 5 atom stereocenters. The largest absolute Gasteiger partial charge is 0.378 e. The Hall–Kier alpha value is -1.48. The summed E-state index contributed by atoms with van der Waals surface area (Å²) in [6, 6.07) is 14.7. The highest BCUT2D eigenvalue weighted by molar-refractivity contribution is 7.67. The first kappa shape index (κ1) is 21.2. The first-order valence-corrected chi connectivity index (χ1v) is 11.8. The molecule has 1 N–H and O–H groups in total. The fraction of sp³-hybridized carbons (Fsp3) is 0.478. The van der Waals surface area contributed by atoms with E-state index < -0.39 is 19.0 Å². The molecule has 0 aliphatic heterocycles. The lowest BCUT2D eigenvalue weighted by Crippen LogP contribution is -2.35. The molecule has 2 aromatic carbocycles. The first-order valence-electron chi connectivity index (χ1n) is 10.1. The number of benzene rings is 2. The van der Waals surface area contributed by atoms with Crippen LogP contribution in [0.25, 0.3) is 0 Å². The summed E-state index contributed by atoms with van der Waals surface area (Å²) < 4.78 is 34.9. The molecule has 152 valence electrons. The van der Waals surface area contributed by atoms with Crippen LogP contribution >= 0.6 is 7.37 Å². The minimum absolute atomic E-state index is 0.0136. The van der Waals surface area contributed by atoms with Crippen molar-refractivity contribution in [2.75, 3.05) is 0 Å². The van der Waals surface area contributed by atoms with Crippen LogP contribution in [0.1, 0.15) is 51.4 Å². The molecule has 1 aliphatic carbocycles. The molecule has 1 aliphatic rings. The van der Waals surface area contributed by atoms with E-state index in [1.54, 1.807) is 36.4 Å². The second kappa shape index (κ2) is 8.90. The molecule has 2 aromatic rings. The molecule has 1 saturated carbocycles. The van der Waals surface area contributed by atoms with Crippen molar-refractivity contribution >= 4 is 12.7 Å². The maximum atomic E-state index is 14.4. The lowest BCUT2D eigenvalue weighted by molar-refractivity contribution is 0.0425. The highest BCUT2D eigenvalue weighted by atomic mass is 31.2. The van der Waals surface area contributed by atoms with Gasteiger partial charge in [0, 0.05) is 10.9 Å². The van der Waals surface area contributed by atoms with Gasteiger partial charge in [0.05, 0.1) is 6.10 Å². The summed E-state index contributed by atoms with van der Waals surface area (Å²) in [5.74, 6) is -1.00. The highest BCUT2D eigenvalue weighted by Gasteiger charge is 2.43. The van der Waals surface area contributed by atoms with Crippen LogP contribution in [0, 0.1) is 23.6 Å². The molecule has 0 radical (unpaired) electrons. The van der Waals surface area contributed by atoms with Crippen molar-refractivity contribution in [2.24, 2.45) is 17.8 Å². The van der Waals surface area contributed by atoms with Crippen molar-refractivity contribution in [1.82, 2.24) is 0 Å². The molecule has 3 rings (SSSR count). The molecular formula is C23H30FO3P. The third-order valence-corrected chi connectivity index (χ3v) is 8.40. The van der Waals surface area contributed by atoms with Gasteiger partial charge in [-0.05, 0) is 48.8 Å². The van der Waals surface area contributed by atoms with E-state index in [4.69, 9.17) is 4.52 Å². The third kappa shape index (κ3) is 4.40. The normalized spacial score (nSPS) is 26.0. The summed E-state index contributed by atoms with van der Waals surface area (Å²) in [6.45, 7) is 6.48. The average molecular weight is 404 g/mol. The fourth-order valence-corrected chi connectivity index (χ4v) is 6.53. The topological polar surface area (TPSA) is 46.5 Å². The molecule has 0 amide bonds. The molecule has 28 heavy (non-hydrogen) atoms. The minimum atomic E-state index is -3.77. The number of halogens is 1. The number of hydrogen-bond acceptors (Lipinski definition) is 3. The van der Waals surface area contributed by atoms with Crippen molar-refractivity contribution in [3.63, 3.8) is 0 Å². The summed E-state index contributed by atoms with van der Waals surface area (Å²) >= 11 is 0. The Balaban J connectivity index is 2.02. The lowest BCUT2D eigenvalue weighted by atomic mass is 9.75. The Morgan fingerprint density at radius 2 is 1.71 bits per heavy atom. The van der Waals surface area contributed by atoms with Crippen LogP contribution in [0.3, 0.4) is 0 Å². The van der Waals surface area contributed by atoms with Crippen LogP contribution in [-0.2, 0) is 9.09 Å². The van der Waals surface area contributed by atoms with Gasteiger partial charge in [-0.25, -0.2) is 4.39 Å². The number of rotatable bonds is 6. The first-order chi connectivity index (χ1) is 13.3. The van der Waals surface area contributed by atoms with Crippen LogP contribution in [-0.4, -0.2) is 11.2 Å². The zero-order valence-corrected chi connectivity index (χ0v) is 17.7. The predicted octanol–water partition coefficient (Wildman–Crippen LogP) is 5.90. The smallest absolute Gasteiger partial charge is 0.264 e. The maximum Gasteiger partial charge on any atom is 0.264 e. The molecular weight excluding hydrogens is 374 g/mol. The summed E-state index contributed by atoms with van der Waals surface area (Å²) in [5.41, 5.74) is 0.0136. The Kier molecular flexibility index (Phi) is 6.75. The van der Waals surface area contributed by atoms with E-state index in [1.807, 2.05) is 6.07 Å². The summed E-state index contributed by atoms with van der Waals surface area (Å²) in [5, 5.41) is 11.5. The molecule has 3 nitrogen and oxygen atoms in total. The van der Waals surface area contributed by atoms with E-state index in [2.05, 4.69) is 20.8 Å². The van der Waals surface area contributed by atoms with Gasteiger partial charge < -0.3 is 9.63 Å². The Morgan fingerprint density at radius 1 is 1.07 bits per heavy atom. The van der Waals surface area contributed by atoms with Crippen LogP contribution < -0.4 is 5.30 Å². The molecule has 5 heteroatoms. The molecule has 0 saturated heterocycles. The van der Waals surface area contributed by atoms with Crippen molar-refractivity contribution in [3.05, 3.63) is 66.0 Å². The number of hydrogen-bond donors (Lipinski definition) is 1. The van der Waals surface area contributed by atoms with Gasteiger partial charge in [-0.2, -0.15) is 0 Å². The van der Waals surface area contributed by atoms with Gasteiger partial charge in [0.1, 0.15) is 5.82 Å². The SMILES string of the molecule is CC(C)[C@@H]1CC[C@@H](C)C[C@@H]1O[P@@](=O)(c1ccccc1)[C@@H](O)c1ccccc1F. The predicted molar refractivity (Wildman–Crippen MR) is 111 cm³/mol. The van der Waals surface area contributed by atoms with Gasteiger partial charge in [0.25, 0.3) is 7.37 Å². The monoisotopic (exact) mass is 404 g/mol. The van der Waals surface area contributed by atoms with E-state index >= 15 is 0 Å². The summed E-state index contributed by atoms with van der Waals surface area (Å²) in [4.78, 5) is 0. The van der Waals surface area contributed by atoms with Gasteiger partial charge in [-0.3, -0.25) is 4.57 Å². The fourth-order valence-electron chi connectivity index (χ4n) is 4.20. The number of aliphatic hydroxyl groups is 1. The summed E-state index contributed by atoms with van der Waals surface area (Å²) in [7, 11) is -3.77. The maximum absolute atomic E-state index is 14.4. The zero-order valence-electron chi connectivity index (χ0n) is 16.8. The van der Waals surface area contributed by atoms with Gasteiger partial charge in [-0.1, -0.05) is 63.6 Å². The molecule has 1 fully saturated rings. The van der Waals surface area contributed by atoms with E-state index in [0.29, 0.717) is 17.1 Å². The van der Waals surface area contributed by atoms with Crippen LogP contribution in [0.4, 0.5) is 4.39 Å². The Morgan fingerprint density at radius 3 is 2.36 bits per heavy atom. The standard InChI is InChI=1S/C23H30FO3P/c1-16(2)19-14-13-17(3)15-22(19)27-28(26,18-9-5-4-6-10-18)23(25)20-11-7-8-12-21(20)24/h4-12,16-17,19,22-23,25H,13-15H2,1-3H3/t17-,19+,22+,23-,28+/m1/s1. The van der Waals surface area contributed by atoms with Crippen molar-refractivity contribution in [2.45, 2.75) is 52.0 Å². The zero-order chi connectivity index (χ0) is 20.3. The van der Waals surface area contributed by atoms with Gasteiger partial charge >= 0.3 is 0 Å². The second-order valence-corrected chi connectivity index (χ2v) is 10.7. The van der Waals surface area contributed by atoms with Crippen molar-refractivity contribution < 1.29 is 18.6 Å². The quantitative estimate of drug-likeness (QED) is 0.610. The van der Waals surface area contributed by atoms with Crippen LogP contribution in [0.15, 0.2) is 54.6 Å². The highest BCUT2D eigenvalue weighted by Crippen LogP contribution is 2.60. The van der Waals surface area contributed by atoms with E-state index in [1.165, 1.54) is 12.1 Å². The van der Waals surface area contributed by atoms with Gasteiger partial charge in [0.2, 0.25) is 0 Å². The molecule has 0 aromatic heterocycles. The number of aliphatic hydroxyl groups excluding tert-OH is 1. The third-order valence-electron chi connectivity index (χ3n) is 5.87. The summed E-state index contributed by atoms with van der Waals surface area (Å²) in [6.07, 6.45) is 2.70. The van der Waals surface area contributed by atoms with Crippen molar-refractivity contribution in [1.29, 1.82) is 0 Å². The average Bonchev–Trinajstić information content (AvgIpc) is 2.68. The van der Waals surface area contributed by atoms with E-state index in [9.17, 15) is 14.1 Å². The molecule has 0 unspecified atom stereocenters. The van der Waals surface area contributed by atoms with Gasteiger partial charge in [-0.15, -0.1) is 0 Å². The molecule has 0 bridgehead atoms. The minimum Gasteiger partial charge on any atom is -0.378 e. The molecule has 0 heterocycles. The van der Waals surface area contributed by atoms with Crippen LogP contribution in [0.2, 0.25) is 0 Å². The lowest BCUT2D eigenvalue weighted by Gasteiger charge is -2.39. The molecule has 0 spiro atoms. The van der Waals surface area contributed by atoms with Crippen molar-refractivity contribution in [3.8, 4) is 0 Å². The van der Waals surface area contributed by atoms with E-state index in [-0.39, 0.29) is 17.6 Å². The van der Waals surface area contributed by atoms with Gasteiger partial charge in [0.15, 0.2) is 5.85 Å². The van der Waals surface area contributed by atoms with E-state index in [0.717, 1.165) is 19.3 Å². The Labute approximate surface area is 167 Å². The second-order valence-electron chi connectivity index (χ2n) is 8.30. The Bertz CT molecular complexity index is 824. The van der Waals surface area contributed by atoms with Crippen LogP contribution in [0.5, 0.6) is 0 Å².